The number of hydrogen-bond acceptors (Lipinski definition) is 7. The number of rotatable bonds is 3. The van der Waals surface area contributed by atoms with Crippen molar-refractivity contribution in [1.82, 2.24) is 19.9 Å². The average molecular weight is 392 g/mol. The molecule has 148 valence electrons. The maximum atomic E-state index is 12.6. The number of ether oxygens (including phenoxy) is 3. The van der Waals surface area contributed by atoms with E-state index in [1.165, 1.54) is 12.4 Å². The van der Waals surface area contributed by atoms with Crippen LogP contribution in [0.3, 0.4) is 0 Å². The fourth-order valence-corrected chi connectivity index (χ4v) is 3.75. The van der Waals surface area contributed by atoms with Crippen LogP contribution in [0.4, 0.5) is 0 Å². The number of likely N-dealkylation sites (tertiary alicyclic amines) is 1. The number of amides is 1. The van der Waals surface area contributed by atoms with E-state index in [-0.39, 0.29) is 24.2 Å². The minimum absolute atomic E-state index is 0.157. The summed E-state index contributed by atoms with van der Waals surface area (Å²) in [6.45, 7) is 1.73. The van der Waals surface area contributed by atoms with Crippen molar-refractivity contribution in [1.29, 1.82) is 0 Å². The lowest BCUT2D eigenvalue weighted by Gasteiger charge is -2.20. The van der Waals surface area contributed by atoms with Crippen LogP contribution in [-0.2, 0) is 9.47 Å². The minimum atomic E-state index is -0.219. The molecule has 2 aliphatic heterocycles. The molecule has 0 bridgehead atoms. The van der Waals surface area contributed by atoms with Gasteiger partial charge in [0.15, 0.2) is 0 Å². The van der Waals surface area contributed by atoms with Gasteiger partial charge in [0, 0.05) is 48.6 Å². The van der Waals surface area contributed by atoms with Crippen LogP contribution in [0.2, 0.25) is 0 Å². The Kier molecular flexibility index (Phi) is 4.79. The number of aromatic nitrogens is 3. The van der Waals surface area contributed by atoms with Crippen LogP contribution in [-0.4, -0.2) is 70.4 Å². The summed E-state index contributed by atoms with van der Waals surface area (Å²) >= 11 is 0. The zero-order valence-electron chi connectivity index (χ0n) is 15.7. The van der Waals surface area contributed by atoms with Gasteiger partial charge in [-0.15, -0.1) is 0 Å². The Hall–Kier alpha value is -3.10. The molecule has 1 amide bonds. The van der Waals surface area contributed by atoms with Crippen molar-refractivity contribution in [2.24, 2.45) is 0 Å². The van der Waals surface area contributed by atoms with E-state index in [9.17, 15) is 4.79 Å². The zero-order chi connectivity index (χ0) is 19.6. The Morgan fingerprint density at radius 2 is 1.79 bits per heavy atom. The fraction of sp³-hybridized carbons (Fsp3) is 0.333. The molecule has 3 aromatic rings. The summed E-state index contributed by atoms with van der Waals surface area (Å²) in [4.78, 5) is 26.5. The second-order valence-corrected chi connectivity index (χ2v) is 7.14. The minimum Gasteiger partial charge on any atom is -0.485 e. The van der Waals surface area contributed by atoms with E-state index in [0.29, 0.717) is 32.0 Å². The lowest BCUT2D eigenvalue weighted by molar-refractivity contribution is -0.00461. The van der Waals surface area contributed by atoms with Gasteiger partial charge in [0.1, 0.15) is 29.8 Å². The molecule has 0 radical (unpaired) electrons. The Morgan fingerprint density at radius 3 is 2.55 bits per heavy atom. The van der Waals surface area contributed by atoms with Gasteiger partial charge in [-0.1, -0.05) is 12.1 Å². The van der Waals surface area contributed by atoms with Crippen molar-refractivity contribution in [3.63, 3.8) is 0 Å². The SMILES string of the molecule is O=C(c1cnccn1)N1C[C@@H]2OCC(Oc3cccc4cnccc34)CO[C@H]2C1. The monoisotopic (exact) mass is 392 g/mol. The molecule has 5 rings (SSSR count). The first kappa shape index (κ1) is 18.0. The first-order valence-electron chi connectivity index (χ1n) is 9.56. The van der Waals surface area contributed by atoms with Gasteiger partial charge in [-0.3, -0.25) is 14.8 Å². The molecule has 4 heterocycles. The second kappa shape index (κ2) is 7.73. The van der Waals surface area contributed by atoms with Crippen molar-refractivity contribution in [3.05, 3.63) is 60.9 Å². The largest absolute Gasteiger partial charge is 0.485 e. The van der Waals surface area contributed by atoms with Gasteiger partial charge in [-0.05, 0) is 12.1 Å². The maximum absolute atomic E-state index is 12.6. The van der Waals surface area contributed by atoms with E-state index < -0.39 is 0 Å². The van der Waals surface area contributed by atoms with Crippen molar-refractivity contribution < 1.29 is 19.0 Å². The second-order valence-electron chi connectivity index (χ2n) is 7.14. The highest BCUT2D eigenvalue weighted by atomic mass is 16.6. The molecular formula is C21H20N4O4. The number of hydrogen-bond donors (Lipinski definition) is 0. The molecule has 2 saturated heterocycles. The van der Waals surface area contributed by atoms with Gasteiger partial charge < -0.3 is 19.1 Å². The van der Waals surface area contributed by atoms with Gasteiger partial charge >= 0.3 is 0 Å². The first-order valence-corrected chi connectivity index (χ1v) is 9.56. The molecule has 8 heteroatoms. The van der Waals surface area contributed by atoms with Crippen molar-refractivity contribution in [2.45, 2.75) is 18.3 Å². The van der Waals surface area contributed by atoms with Crippen LogP contribution < -0.4 is 4.74 Å². The highest BCUT2D eigenvalue weighted by Crippen LogP contribution is 2.27. The number of carbonyl (C=O) groups excluding carboxylic acids is 1. The first-order chi connectivity index (χ1) is 14.3. The zero-order valence-corrected chi connectivity index (χ0v) is 15.7. The third-order valence-corrected chi connectivity index (χ3v) is 5.21. The summed E-state index contributed by atoms with van der Waals surface area (Å²) in [6.07, 6.45) is 7.52. The Balaban J connectivity index is 1.23. The molecule has 2 fully saturated rings. The summed E-state index contributed by atoms with van der Waals surface area (Å²) < 4.78 is 18.3. The quantitative estimate of drug-likeness (QED) is 0.671. The lowest BCUT2D eigenvalue weighted by atomic mass is 10.1. The van der Waals surface area contributed by atoms with E-state index in [2.05, 4.69) is 15.0 Å². The molecule has 2 atom stereocenters. The number of nitrogens with zero attached hydrogens (tertiary/aromatic N) is 4. The fourth-order valence-electron chi connectivity index (χ4n) is 3.75. The summed E-state index contributed by atoms with van der Waals surface area (Å²) in [5, 5.41) is 2.03. The van der Waals surface area contributed by atoms with Gasteiger partial charge in [0.2, 0.25) is 0 Å². The van der Waals surface area contributed by atoms with Gasteiger partial charge in [0.25, 0.3) is 5.91 Å². The predicted octanol–water partition coefficient (Wildman–Crippen LogP) is 1.71. The standard InChI is InChI=1S/C21H20N4O4/c26-21(17-9-23-6-7-24-17)25-10-19-20(11-25)28-13-15(12-27-19)29-18-3-1-2-14-8-22-5-4-16(14)18/h1-9,15,19-20H,10-13H2/t19-,20-/m0/s1. The molecule has 0 unspecified atom stereocenters. The van der Waals surface area contributed by atoms with Gasteiger partial charge in [-0.25, -0.2) is 4.98 Å². The summed E-state index contributed by atoms with van der Waals surface area (Å²) in [5.74, 6) is 0.629. The van der Waals surface area contributed by atoms with E-state index in [0.717, 1.165) is 16.5 Å². The number of fused-ring (bicyclic) bond motifs is 2. The van der Waals surface area contributed by atoms with Crippen LogP contribution in [0.25, 0.3) is 10.8 Å². The van der Waals surface area contributed by atoms with Gasteiger partial charge in [0.05, 0.1) is 19.4 Å². The Labute approximate surface area is 167 Å². The summed E-state index contributed by atoms with van der Waals surface area (Å²) in [6, 6.07) is 7.83. The van der Waals surface area contributed by atoms with Gasteiger partial charge in [-0.2, -0.15) is 0 Å². The Morgan fingerprint density at radius 1 is 1.00 bits per heavy atom. The van der Waals surface area contributed by atoms with E-state index in [1.54, 1.807) is 17.3 Å². The topological polar surface area (TPSA) is 86.7 Å². The van der Waals surface area contributed by atoms with Crippen LogP contribution in [0.5, 0.6) is 5.75 Å². The molecule has 0 N–H and O–H groups in total. The highest BCUT2D eigenvalue weighted by molar-refractivity contribution is 5.92. The molecule has 0 spiro atoms. The third kappa shape index (κ3) is 3.64. The van der Waals surface area contributed by atoms with E-state index in [1.807, 2.05) is 30.5 Å². The molecule has 1 aromatic carbocycles. The molecule has 0 aliphatic carbocycles. The summed E-state index contributed by atoms with van der Waals surface area (Å²) in [5.41, 5.74) is 0.329. The normalized spacial score (nSPS) is 22.3. The highest BCUT2D eigenvalue weighted by Gasteiger charge is 2.40. The molecular weight excluding hydrogens is 372 g/mol. The average Bonchev–Trinajstić information content (AvgIpc) is 3.10. The molecule has 2 aliphatic rings. The van der Waals surface area contributed by atoms with Crippen molar-refractivity contribution in [2.75, 3.05) is 26.3 Å². The molecule has 2 aromatic heterocycles. The van der Waals surface area contributed by atoms with E-state index >= 15 is 0 Å². The Bertz CT molecular complexity index is 994. The number of benzene rings is 1. The maximum Gasteiger partial charge on any atom is 0.274 e. The number of pyridine rings is 1. The molecule has 29 heavy (non-hydrogen) atoms. The smallest absolute Gasteiger partial charge is 0.274 e. The molecule has 8 nitrogen and oxygen atoms in total. The van der Waals surface area contributed by atoms with E-state index in [4.69, 9.17) is 14.2 Å². The van der Waals surface area contributed by atoms with Crippen LogP contribution in [0.1, 0.15) is 10.5 Å². The lowest BCUT2D eigenvalue weighted by Crippen LogP contribution is -2.33. The van der Waals surface area contributed by atoms with Crippen molar-refractivity contribution in [3.8, 4) is 5.75 Å². The summed E-state index contributed by atoms with van der Waals surface area (Å²) in [7, 11) is 0. The predicted molar refractivity (Wildman–Crippen MR) is 104 cm³/mol. The third-order valence-electron chi connectivity index (χ3n) is 5.21. The van der Waals surface area contributed by atoms with Crippen LogP contribution in [0.15, 0.2) is 55.2 Å². The number of carbonyl (C=O) groups is 1. The van der Waals surface area contributed by atoms with Crippen molar-refractivity contribution >= 4 is 16.7 Å². The van der Waals surface area contributed by atoms with Crippen LogP contribution >= 0.6 is 0 Å². The van der Waals surface area contributed by atoms with Crippen LogP contribution in [0, 0.1) is 0 Å². The molecule has 0 saturated carbocycles.